The first kappa shape index (κ1) is 15.1. The molecule has 1 N–H and O–H groups in total. The maximum Gasteiger partial charge on any atom is 0.189 e. The highest BCUT2D eigenvalue weighted by Crippen LogP contribution is 2.29. The van der Waals surface area contributed by atoms with E-state index < -0.39 is 0 Å². The van der Waals surface area contributed by atoms with Crippen molar-refractivity contribution in [2.75, 3.05) is 0 Å². The van der Waals surface area contributed by atoms with Gasteiger partial charge >= 0.3 is 0 Å². The molecule has 0 amide bonds. The van der Waals surface area contributed by atoms with Crippen LogP contribution in [-0.4, -0.2) is 25.8 Å². The van der Waals surface area contributed by atoms with Crippen LogP contribution in [0.25, 0.3) is 28.5 Å². The normalized spacial score (nSPS) is 11.6. The SMILES string of the molecule is Cc1nn(C)cc1C(=O)/C=C/c1cn[nH]c1-c1cc2ccccc2o1. The van der Waals surface area contributed by atoms with Gasteiger partial charge in [-0.25, -0.2) is 0 Å². The number of aromatic amines is 1. The van der Waals surface area contributed by atoms with Crippen LogP contribution in [0.2, 0.25) is 0 Å². The smallest absolute Gasteiger partial charge is 0.189 e. The van der Waals surface area contributed by atoms with E-state index in [1.54, 1.807) is 30.2 Å². The Labute approximate surface area is 143 Å². The van der Waals surface area contributed by atoms with Crippen LogP contribution >= 0.6 is 0 Å². The number of carbonyl (C=O) groups excluding carboxylic acids is 1. The third kappa shape index (κ3) is 2.78. The van der Waals surface area contributed by atoms with Gasteiger partial charge in [0, 0.05) is 24.2 Å². The number of ketones is 1. The predicted molar refractivity (Wildman–Crippen MR) is 95.1 cm³/mol. The molecule has 6 nitrogen and oxygen atoms in total. The number of nitrogens with zero attached hydrogens (tertiary/aromatic N) is 3. The average Bonchev–Trinajstić information content (AvgIpc) is 3.29. The molecule has 0 aliphatic carbocycles. The van der Waals surface area contributed by atoms with Gasteiger partial charge in [-0.15, -0.1) is 0 Å². The molecular weight excluding hydrogens is 316 g/mol. The summed E-state index contributed by atoms with van der Waals surface area (Å²) in [5, 5.41) is 12.2. The molecule has 4 aromatic rings. The summed E-state index contributed by atoms with van der Waals surface area (Å²) in [7, 11) is 1.79. The largest absolute Gasteiger partial charge is 0.454 e. The number of hydrogen-bond acceptors (Lipinski definition) is 4. The highest BCUT2D eigenvalue weighted by atomic mass is 16.3. The van der Waals surface area contributed by atoms with Crippen molar-refractivity contribution in [3.05, 3.63) is 65.6 Å². The van der Waals surface area contributed by atoms with Gasteiger partial charge in [0.05, 0.1) is 17.5 Å². The fraction of sp³-hybridized carbons (Fsp3) is 0.105. The number of allylic oxidation sites excluding steroid dienone is 1. The van der Waals surface area contributed by atoms with E-state index in [1.165, 1.54) is 6.08 Å². The molecule has 25 heavy (non-hydrogen) atoms. The third-order valence-corrected chi connectivity index (χ3v) is 4.03. The summed E-state index contributed by atoms with van der Waals surface area (Å²) in [6.07, 6.45) is 6.65. The predicted octanol–water partition coefficient (Wildman–Crippen LogP) is 3.76. The Balaban J connectivity index is 1.65. The highest BCUT2D eigenvalue weighted by molar-refractivity contribution is 6.07. The van der Waals surface area contributed by atoms with Crippen LogP contribution in [0.15, 0.2) is 53.2 Å². The highest BCUT2D eigenvalue weighted by Gasteiger charge is 2.13. The van der Waals surface area contributed by atoms with Crippen LogP contribution in [0.3, 0.4) is 0 Å². The van der Waals surface area contributed by atoms with Crippen LogP contribution in [0.5, 0.6) is 0 Å². The Kier molecular flexibility index (Phi) is 3.57. The minimum Gasteiger partial charge on any atom is -0.454 e. The number of fused-ring (bicyclic) bond motifs is 1. The summed E-state index contributed by atoms with van der Waals surface area (Å²) < 4.78 is 7.50. The Hall–Kier alpha value is -3.41. The number of nitrogens with one attached hydrogen (secondary N) is 1. The molecule has 0 fully saturated rings. The fourth-order valence-electron chi connectivity index (χ4n) is 2.82. The molecule has 6 heteroatoms. The van der Waals surface area contributed by atoms with E-state index in [0.29, 0.717) is 17.0 Å². The number of carbonyl (C=O) groups is 1. The van der Waals surface area contributed by atoms with Gasteiger partial charge in [0.15, 0.2) is 11.5 Å². The summed E-state index contributed by atoms with van der Waals surface area (Å²) >= 11 is 0. The number of rotatable bonds is 4. The molecule has 0 aliphatic rings. The molecule has 3 heterocycles. The summed E-state index contributed by atoms with van der Waals surface area (Å²) in [5.41, 5.74) is 3.63. The number of furan rings is 1. The number of hydrogen-bond donors (Lipinski definition) is 1. The van der Waals surface area contributed by atoms with Gasteiger partial charge in [-0.05, 0) is 31.2 Å². The molecule has 0 saturated heterocycles. The van der Waals surface area contributed by atoms with Crippen molar-refractivity contribution in [3.8, 4) is 11.5 Å². The Morgan fingerprint density at radius 2 is 2.16 bits per heavy atom. The standard InChI is InChI=1S/C19H16N4O2/c1-12-15(11-23(2)22-12)16(24)8-7-14-10-20-21-19(14)18-9-13-5-3-4-6-17(13)25-18/h3-11H,1-2H3,(H,20,21)/b8-7+. The van der Waals surface area contributed by atoms with Crippen molar-refractivity contribution in [3.63, 3.8) is 0 Å². The molecule has 4 rings (SSSR count). The minimum absolute atomic E-state index is 0.0950. The van der Waals surface area contributed by atoms with Gasteiger partial charge in [0.2, 0.25) is 0 Å². The molecular formula is C19H16N4O2. The van der Waals surface area contributed by atoms with Crippen molar-refractivity contribution < 1.29 is 9.21 Å². The molecule has 3 aromatic heterocycles. The lowest BCUT2D eigenvalue weighted by Crippen LogP contribution is -1.94. The van der Waals surface area contributed by atoms with E-state index in [1.807, 2.05) is 37.3 Å². The van der Waals surface area contributed by atoms with Gasteiger partial charge in [-0.2, -0.15) is 10.2 Å². The summed E-state index contributed by atoms with van der Waals surface area (Å²) in [6.45, 7) is 1.82. The second-order valence-electron chi connectivity index (χ2n) is 5.85. The lowest BCUT2D eigenvalue weighted by Gasteiger charge is -1.95. The summed E-state index contributed by atoms with van der Waals surface area (Å²) in [4.78, 5) is 12.4. The second-order valence-corrected chi connectivity index (χ2v) is 5.85. The maximum absolute atomic E-state index is 12.4. The number of aromatic nitrogens is 4. The van der Waals surface area contributed by atoms with Crippen LogP contribution in [0, 0.1) is 6.92 Å². The topological polar surface area (TPSA) is 76.7 Å². The van der Waals surface area contributed by atoms with Crippen molar-refractivity contribution in [1.29, 1.82) is 0 Å². The van der Waals surface area contributed by atoms with E-state index in [9.17, 15) is 4.79 Å². The first-order valence-corrected chi connectivity index (χ1v) is 7.87. The maximum atomic E-state index is 12.4. The molecule has 1 aromatic carbocycles. The van der Waals surface area contributed by atoms with Gasteiger partial charge < -0.3 is 4.42 Å². The average molecular weight is 332 g/mol. The number of benzene rings is 1. The molecule has 0 bridgehead atoms. The van der Waals surface area contributed by atoms with Gasteiger partial charge in [-0.3, -0.25) is 14.6 Å². The molecule has 0 atom stereocenters. The quantitative estimate of drug-likeness (QED) is 0.456. The van der Waals surface area contributed by atoms with Crippen molar-refractivity contribution in [1.82, 2.24) is 20.0 Å². The number of para-hydroxylation sites is 1. The van der Waals surface area contributed by atoms with Crippen molar-refractivity contribution >= 4 is 22.8 Å². The fourth-order valence-corrected chi connectivity index (χ4v) is 2.82. The van der Waals surface area contributed by atoms with Crippen LogP contribution in [0.4, 0.5) is 0 Å². The Bertz CT molecular complexity index is 1060. The first-order chi connectivity index (χ1) is 12.1. The zero-order valence-electron chi connectivity index (χ0n) is 13.9. The first-order valence-electron chi connectivity index (χ1n) is 7.87. The van der Waals surface area contributed by atoms with Gasteiger partial charge in [0.1, 0.15) is 11.3 Å². The Morgan fingerprint density at radius 3 is 2.92 bits per heavy atom. The van der Waals surface area contributed by atoms with Crippen LogP contribution < -0.4 is 0 Å². The zero-order chi connectivity index (χ0) is 17.4. The van der Waals surface area contributed by atoms with E-state index in [4.69, 9.17) is 4.42 Å². The molecule has 0 unspecified atom stereocenters. The third-order valence-electron chi connectivity index (χ3n) is 4.03. The molecule has 0 radical (unpaired) electrons. The lowest BCUT2D eigenvalue weighted by molar-refractivity contribution is 0.104. The summed E-state index contributed by atoms with van der Waals surface area (Å²) in [6, 6.07) is 9.75. The summed E-state index contributed by atoms with van der Waals surface area (Å²) in [5.74, 6) is 0.589. The zero-order valence-corrected chi connectivity index (χ0v) is 13.9. The number of aryl methyl sites for hydroxylation is 2. The number of H-pyrrole nitrogens is 1. The molecule has 0 spiro atoms. The molecule has 0 saturated carbocycles. The lowest BCUT2D eigenvalue weighted by atomic mass is 10.1. The van der Waals surface area contributed by atoms with E-state index in [-0.39, 0.29) is 5.78 Å². The Morgan fingerprint density at radius 1 is 1.32 bits per heavy atom. The van der Waals surface area contributed by atoms with Crippen molar-refractivity contribution in [2.24, 2.45) is 7.05 Å². The van der Waals surface area contributed by atoms with E-state index in [2.05, 4.69) is 15.3 Å². The van der Waals surface area contributed by atoms with E-state index >= 15 is 0 Å². The van der Waals surface area contributed by atoms with Crippen molar-refractivity contribution in [2.45, 2.75) is 6.92 Å². The minimum atomic E-state index is -0.0950. The molecule has 124 valence electrons. The van der Waals surface area contributed by atoms with Crippen LogP contribution in [0.1, 0.15) is 21.6 Å². The van der Waals surface area contributed by atoms with E-state index in [0.717, 1.165) is 22.2 Å². The second kappa shape index (κ2) is 5.90. The monoisotopic (exact) mass is 332 g/mol. The molecule has 0 aliphatic heterocycles. The van der Waals surface area contributed by atoms with Gasteiger partial charge in [-0.1, -0.05) is 18.2 Å². The van der Waals surface area contributed by atoms with Gasteiger partial charge in [0.25, 0.3) is 0 Å². The van der Waals surface area contributed by atoms with Crippen LogP contribution in [-0.2, 0) is 7.05 Å².